The smallest absolute Gasteiger partial charge is 0.191 e. The topological polar surface area (TPSA) is 76.4 Å². The van der Waals surface area contributed by atoms with Gasteiger partial charge < -0.3 is 19.9 Å². The molecule has 1 aromatic heterocycles. The Hall–Kier alpha value is -2.57. The van der Waals surface area contributed by atoms with E-state index in [4.69, 9.17) is 9.73 Å². The number of nitrogens with zero attached hydrogens (tertiary/aromatic N) is 4. The summed E-state index contributed by atoms with van der Waals surface area (Å²) < 4.78 is 8.03. The second-order valence-corrected chi connectivity index (χ2v) is 7.09. The van der Waals surface area contributed by atoms with Crippen molar-refractivity contribution < 1.29 is 4.74 Å². The fraction of sp³-hybridized carbons (Fsp3) is 0.571. The second kappa shape index (κ2) is 10.1. The number of benzene rings is 1. The molecule has 0 bridgehead atoms. The Balaban J connectivity index is 1.68. The van der Waals surface area contributed by atoms with E-state index in [-0.39, 0.29) is 0 Å². The lowest BCUT2D eigenvalue weighted by Gasteiger charge is -2.13. The van der Waals surface area contributed by atoms with Gasteiger partial charge >= 0.3 is 0 Å². The molecule has 0 atom stereocenters. The van der Waals surface area contributed by atoms with Crippen LogP contribution in [0.1, 0.15) is 55.9 Å². The predicted molar refractivity (Wildman–Crippen MR) is 112 cm³/mol. The van der Waals surface area contributed by atoms with Gasteiger partial charge in [0.25, 0.3) is 0 Å². The van der Waals surface area contributed by atoms with Crippen LogP contribution in [0.4, 0.5) is 0 Å². The van der Waals surface area contributed by atoms with Crippen LogP contribution >= 0.6 is 0 Å². The van der Waals surface area contributed by atoms with Crippen molar-refractivity contribution in [3.63, 3.8) is 0 Å². The average Bonchev–Trinajstić information content (AvgIpc) is 2.91. The molecule has 1 aliphatic rings. The highest BCUT2D eigenvalue weighted by atomic mass is 16.5. The molecule has 2 aromatic rings. The maximum atomic E-state index is 5.77. The molecule has 7 nitrogen and oxygen atoms in total. The minimum Gasteiger partial charge on any atom is -0.494 e. The molecule has 152 valence electrons. The number of aryl methyl sites for hydroxylation is 2. The Bertz CT molecular complexity index is 798. The molecule has 0 spiro atoms. The van der Waals surface area contributed by atoms with E-state index in [1.807, 2.05) is 6.92 Å². The number of aliphatic imine (C=N–C) groups is 1. The minimum absolute atomic E-state index is 0.558. The molecule has 3 rings (SSSR count). The van der Waals surface area contributed by atoms with E-state index in [1.165, 1.54) is 24.8 Å². The Labute approximate surface area is 167 Å². The third-order valence-corrected chi connectivity index (χ3v) is 4.87. The van der Waals surface area contributed by atoms with Gasteiger partial charge in [-0.15, -0.1) is 10.2 Å². The first-order chi connectivity index (χ1) is 13.7. The van der Waals surface area contributed by atoms with Gasteiger partial charge in [-0.25, -0.2) is 4.99 Å². The summed E-state index contributed by atoms with van der Waals surface area (Å²) in [5.41, 5.74) is 2.27. The zero-order valence-electron chi connectivity index (χ0n) is 17.3. The molecule has 0 unspecified atom stereocenters. The summed E-state index contributed by atoms with van der Waals surface area (Å²) in [6, 6.07) is 6.26. The molecule has 0 fully saturated rings. The molecule has 7 heteroatoms. The van der Waals surface area contributed by atoms with E-state index in [0.717, 1.165) is 48.4 Å². The zero-order valence-corrected chi connectivity index (χ0v) is 17.3. The monoisotopic (exact) mass is 384 g/mol. The van der Waals surface area contributed by atoms with Crippen LogP contribution in [-0.2, 0) is 26.1 Å². The Morgan fingerprint density at radius 1 is 1.18 bits per heavy atom. The normalized spacial score (nSPS) is 14.3. The lowest BCUT2D eigenvalue weighted by molar-refractivity contribution is 0.336. The SMILES string of the molecule is CCNC(=NCc1ccc(C)cc1OCC)NCc1nnc2n1CCCCC2. The fourth-order valence-electron chi connectivity index (χ4n) is 3.43. The third-order valence-electron chi connectivity index (χ3n) is 4.87. The number of hydrogen-bond donors (Lipinski definition) is 2. The summed E-state index contributed by atoms with van der Waals surface area (Å²) in [7, 11) is 0. The Morgan fingerprint density at radius 2 is 2.07 bits per heavy atom. The summed E-state index contributed by atoms with van der Waals surface area (Å²) in [5.74, 6) is 3.77. The second-order valence-electron chi connectivity index (χ2n) is 7.09. The first-order valence-corrected chi connectivity index (χ1v) is 10.4. The van der Waals surface area contributed by atoms with Gasteiger partial charge in [0.05, 0.1) is 19.7 Å². The third kappa shape index (κ3) is 5.24. The minimum atomic E-state index is 0.558. The molecule has 1 aliphatic heterocycles. The van der Waals surface area contributed by atoms with Crippen LogP contribution in [0, 0.1) is 6.92 Å². The van der Waals surface area contributed by atoms with Gasteiger partial charge in [0.1, 0.15) is 11.6 Å². The van der Waals surface area contributed by atoms with Crippen molar-refractivity contribution in [3.05, 3.63) is 41.0 Å². The summed E-state index contributed by atoms with van der Waals surface area (Å²) in [4.78, 5) is 4.74. The van der Waals surface area contributed by atoms with E-state index < -0.39 is 0 Å². The van der Waals surface area contributed by atoms with Gasteiger partial charge in [-0.1, -0.05) is 18.6 Å². The summed E-state index contributed by atoms with van der Waals surface area (Å²) in [5, 5.41) is 15.5. The van der Waals surface area contributed by atoms with Crippen LogP contribution in [0.2, 0.25) is 0 Å². The van der Waals surface area contributed by atoms with E-state index in [9.17, 15) is 0 Å². The predicted octanol–water partition coefficient (Wildman–Crippen LogP) is 2.97. The summed E-state index contributed by atoms with van der Waals surface area (Å²) in [6.45, 7) is 9.78. The maximum Gasteiger partial charge on any atom is 0.191 e. The molecule has 0 amide bonds. The average molecular weight is 385 g/mol. The first kappa shape index (κ1) is 20.2. The van der Waals surface area contributed by atoms with E-state index in [2.05, 4.69) is 57.4 Å². The van der Waals surface area contributed by atoms with E-state index >= 15 is 0 Å². The van der Waals surface area contributed by atoms with Gasteiger partial charge in [0, 0.05) is 25.1 Å². The van der Waals surface area contributed by atoms with Gasteiger partial charge in [0.15, 0.2) is 11.8 Å². The lowest BCUT2D eigenvalue weighted by atomic mass is 10.1. The van der Waals surface area contributed by atoms with Crippen molar-refractivity contribution in [3.8, 4) is 5.75 Å². The summed E-state index contributed by atoms with van der Waals surface area (Å²) >= 11 is 0. The van der Waals surface area contributed by atoms with Crippen LogP contribution in [0.5, 0.6) is 5.75 Å². The Kier molecular flexibility index (Phi) is 7.28. The number of rotatable bonds is 7. The number of guanidine groups is 1. The highest BCUT2D eigenvalue weighted by Crippen LogP contribution is 2.21. The largest absolute Gasteiger partial charge is 0.494 e. The highest BCUT2D eigenvalue weighted by molar-refractivity contribution is 5.79. The maximum absolute atomic E-state index is 5.77. The van der Waals surface area contributed by atoms with E-state index in [1.54, 1.807) is 0 Å². The fourth-order valence-corrected chi connectivity index (χ4v) is 3.43. The molecule has 1 aromatic carbocycles. The van der Waals surface area contributed by atoms with Crippen LogP contribution in [0.15, 0.2) is 23.2 Å². The van der Waals surface area contributed by atoms with Crippen molar-refractivity contribution >= 4 is 5.96 Å². The first-order valence-electron chi connectivity index (χ1n) is 10.4. The van der Waals surface area contributed by atoms with Gasteiger partial charge in [-0.05, 0) is 45.2 Å². The van der Waals surface area contributed by atoms with Crippen molar-refractivity contribution in [1.82, 2.24) is 25.4 Å². The summed E-state index contributed by atoms with van der Waals surface area (Å²) in [6.07, 6.45) is 4.68. The molecule has 28 heavy (non-hydrogen) atoms. The molecular weight excluding hydrogens is 352 g/mol. The molecule has 0 saturated carbocycles. The van der Waals surface area contributed by atoms with Crippen molar-refractivity contribution in [2.75, 3.05) is 13.2 Å². The number of nitrogens with one attached hydrogen (secondary N) is 2. The Morgan fingerprint density at radius 3 is 2.89 bits per heavy atom. The molecule has 2 heterocycles. The van der Waals surface area contributed by atoms with Gasteiger partial charge in [-0.3, -0.25) is 0 Å². The number of aromatic nitrogens is 3. The molecule has 2 N–H and O–H groups in total. The van der Waals surface area contributed by atoms with Crippen LogP contribution in [0.3, 0.4) is 0 Å². The van der Waals surface area contributed by atoms with Crippen molar-refractivity contribution in [1.29, 1.82) is 0 Å². The zero-order chi connectivity index (χ0) is 19.8. The molecular formula is C21H32N6O. The molecule has 0 radical (unpaired) electrons. The number of fused-ring (bicyclic) bond motifs is 1. The number of ether oxygens (including phenoxy) is 1. The van der Waals surface area contributed by atoms with Crippen LogP contribution in [0.25, 0.3) is 0 Å². The van der Waals surface area contributed by atoms with Crippen molar-refractivity contribution in [2.24, 2.45) is 4.99 Å². The van der Waals surface area contributed by atoms with Gasteiger partial charge in [0.2, 0.25) is 0 Å². The number of hydrogen-bond acceptors (Lipinski definition) is 4. The van der Waals surface area contributed by atoms with Crippen molar-refractivity contribution in [2.45, 2.75) is 66.1 Å². The van der Waals surface area contributed by atoms with Gasteiger partial charge in [-0.2, -0.15) is 0 Å². The van der Waals surface area contributed by atoms with E-state index in [0.29, 0.717) is 19.7 Å². The lowest BCUT2D eigenvalue weighted by Crippen LogP contribution is -2.37. The van der Waals surface area contributed by atoms with Crippen LogP contribution < -0.4 is 15.4 Å². The standard InChI is InChI=1S/C21H32N6O/c1-4-22-21(23-14-17-11-10-16(3)13-18(17)28-5-2)24-15-20-26-25-19-9-7-6-8-12-27(19)20/h10-11,13H,4-9,12,14-15H2,1-3H3,(H2,22,23,24). The molecule has 0 saturated heterocycles. The van der Waals surface area contributed by atoms with Crippen LogP contribution in [-0.4, -0.2) is 33.9 Å². The molecule has 0 aliphatic carbocycles. The quantitative estimate of drug-likeness (QED) is 0.567. The highest BCUT2D eigenvalue weighted by Gasteiger charge is 2.14.